The molecule has 1 aliphatic heterocycles. The van der Waals surface area contributed by atoms with Gasteiger partial charge in [-0.3, -0.25) is 4.79 Å². The Balaban J connectivity index is 1.53. The van der Waals surface area contributed by atoms with Crippen molar-refractivity contribution in [1.29, 1.82) is 0 Å². The van der Waals surface area contributed by atoms with Gasteiger partial charge in [0.25, 0.3) is 5.91 Å². The second kappa shape index (κ2) is 8.28. The molecule has 1 fully saturated rings. The van der Waals surface area contributed by atoms with E-state index in [1.54, 1.807) is 24.3 Å². The Morgan fingerprint density at radius 1 is 1.07 bits per heavy atom. The zero-order valence-electron chi connectivity index (χ0n) is 15.4. The Morgan fingerprint density at radius 3 is 2.53 bits per heavy atom. The highest BCUT2D eigenvalue weighted by molar-refractivity contribution is 8.14. The third-order valence-electron chi connectivity index (χ3n) is 4.57. The number of hydrogen-bond donors (Lipinski definition) is 2. The SMILES string of the molecule is O=C1NC(S)S/C1=C\c1ccc2cc(OCc3ccccc3C(F)(F)F)ccc2c1. The minimum absolute atomic E-state index is 0.0851. The molecule has 0 radical (unpaired) electrons. The van der Waals surface area contributed by atoms with Gasteiger partial charge in [0.1, 0.15) is 17.1 Å². The van der Waals surface area contributed by atoms with Gasteiger partial charge in [0.2, 0.25) is 0 Å². The van der Waals surface area contributed by atoms with E-state index in [4.69, 9.17) is 4.74 Å². The number of amides is 1. The first-order valence-electron chi connectivity index (χ1n) is 8.98. The van der Waals surface area contributed by atoms with Gasteiger partial charge < -0.3 is 10.1 Å². The average molecular weight is 448 g/mol. The molecular weight excluding hydrogens is 431 g/mol. The van der Waals surface area contributed by atoms with Crippen LogP contribution in [0.5, 0.6) is 5.75 Å². The van der Waals surface area contributed by atoms with Crippen LogP contribution < -0.4 is 10.1 Å². The van der Waals surface area contributed by atoms with E-state index in [2.05, 4.69) is 17.9 Å². The summed E-state index contributed by atoms with van der Waals surface area (Å²) in [6.45, 7) is -0.178. The van der Waals surface area contributed by atoms with Crippen molar-refractivity contribution in [2.45, 2.75) is 17.5 Å². The monoisotopic (exact) mass is 447 g/mol. The van der Waals surface area contributed by atoms with Crippen LogP contribution in [-0.2, 0) is 17.6 Å². The molecule has 0 saturated carbocycles. The van der Waals surface area contributed by atoms with Gasteiger partial charge in [0.05, 0.1) is 10.5 Å². The number of rotatable bonds is 4. The number of thiol groups is 1. The van der Waals surface area contributed by atoms with E-state index in [9.17, 15) is 18.0 Å². The number of nitrogens with one attached hydrogen (secondary N) is 1. The van der Waals surface area contributed by atoms with Crippen LogP contribution in [0.3, 0.4) is 0 Å². The van der Waals surface area contributed by atoms with E-state index < -0.39 is 11.7 Å². The predicted molar refractivity (Wildman–Crippen MR) is 116 cm³/mol. The van der Waals surface area contributed by atoms with Crippen molar-refractivity contribution in [2.24, 2.45) is 0 Å². The molecule has 1 saturated heterocycles. The van der Waals surface area contributed by atoms with Gasteiger partial charge in [-0.25, -0.2) is 0 Å². The van der Waals surface area contributed by atoms with Crippen molar-refractivity contribution >= 4 is 47.1 Å². The molecule has 1 unspecified atom stereocenters. The molecule has 3 aromatic rings. The maximum atomic E-state index is 13.1. The minimum atomic E-state index is -4.42. The molecule has 1 aliphatic rings. The molecule has 30 heavy (non-hydrogen) atoms. The quantitative estimate of drug-likeness (QED) is 0.389. The molecule has 1 atom stereocenters. The summed E-state index contributed by atoms with van der Waals surface area (Å²) in [6.07, 6.45) is -2.62. The molecule has 0 spiro atoms. The van der Waals surface area contributed by atoms with E-state index in [1.807, 2.05) is 24.3 Å². The fourth-order valence-corrected chi connectivity index (χ4v) is 4.38. The van der Waals surface area contributed by atoms with Crippen LogP contribution in [0.2, 0.25) is 0 Å². The highest BCUT2D eigenvalue weighted by Crippen LogP contribution is 2.33. The number of alkyl halides is 3. The fraction of sp³-hybridized carbons (Fsp3) is 0.136. The van der Waals surface area contributed by atoms with Crippen molar-refractivity contribution in [3.8, 4) is 5.75 Å². The largest absolute Gasteiger partial charge is 0.489 e. The van der Waals surface area contributed by atoms with E-state index in [1.165, 1.54) is 23.9 Å². The Labute approximate surface area is 180 Å². The third-order valence-corrected chi connectivity index (χ3v) is 5.91. The standard InChI is InChI=1S/C22H16F3NO2S2/c23-22(24,25)18-4-2-1-3-16(18)12-28-17-8-7-14-9-13(5-6-15(14)11-17)10-19-20(27)26-21(29)30-19/h1-11,21,29H,12H2,(H,26,27)/b19-10-. The van der Waals surface area contributed by atoms with E-state index in [0.717, 1.165) is 22.4 Å². The number of carbonyl (C=O) groups excluding carboxylic acids is 1. The lowest BCUT2D eigenvalue weighted by Crippen LogP contribution is -2.19. The first-order valence-corrected chi connectivity index (χ1v) is 10.4. The van der Waals surface area contributed by atoms with Crippen LogP contribution in [0.1, 0.15) is 16.7 Å². The Morgan fingerprint density at radius 2 is 1.80 bits per heavy atom. The van der Waals surface area contributed by atoms with Gasteiger partial charge >= 0.3 is 6.18 Å². The molecule has 0 bridgehead atoms. The van der Waals surface area contributed by atoms with Gasteiger partial charge in [0, 0.05) is 5.56 Å². The molecule has 3 aromatic carbocycles. The summed E-state index contributed by atoms with van der Waals surface area (Å²) < 4.78 is 44.7. The first-order chi connectivity index (χ1) is 14.3. The Kier molecular flexibility index (Phi) is 5.71. The number of carbonyl (C=O) groups is 1. The summed E-state index contributed by atoms with van der Waals surface area (Å²) in [7, 11) is 0. The van der Waals surface area contributed by atoms with Gasteiger partial charge in [-0.15, -0.1) is 12.6 Å². The van der Waals surface area contributed by atoms with Crippen molar-refractivity contribution in [2.75, 3.05) is 0 Å². The third kappa shape index (κ3) is 4.60. The number of hydrogen-bond acceptors (Lipinski definition) is 4. The van der Waals surface area contributed by atoms with Crippen molar-refractivity contribution < 1.29 is 22.7 Å². The molecule has 154 valence electrons. The number of thioether (sulfide) groups is 1. The van der Waals surface area contributed by atoms with E-state index in [0.29, 0.717) is 10.7 Å². The van der Waals surface area contributed by atoms with Crippen molar-refractivity contribution in [1.82, 2.24) is 5.32 Å². The van der Waals surface area contributed by atoms with Crippen LogP contribution >= 0.6 is 24.4 Å². The second-order valence-corrected chi connectivity index (χ2v) is 8.68. The lowest BCUT2D eigenvalue weighted by molar-refractivity contribution is -0.138. The van der Waals surface area contributed by atoms with E-state index >= 15 is 0 Å². The normalized spacial score (nSPS) is 18.1. The molecule has 1 N–H and O–H groups in total. The summed E-state index contributed by atoms with van der Waals surface area (Å²) in [4.78, 5) is 12.4. The molecule has 1 heterocycles. The maximum Gasteiger partial charge on any atom is 0.416 e. The van der Waals surface area contributed by atoms with Gasteiger partial charge in [0.15, 0.2) is 0 Å². The van der Waals surface area contributed by atoms with Crippen LogP contribution in [0.15, 0.2) is 65.6 Å². The summed E-state index contributed by atoms with van der Waals surface area (Å²) in [5, 5.41) is 4.52. The highest BCUT2D eigenvalue weighted by atomic mass is 32.2. The van der Waals surface area contributed by atoms with E-state index in [-0.39, 0.29) is 22.8 Å². The van der Waals surface area contributed by atoms with Crippen LogP contribution in [0, 0.1) is 0 Å². The Bertz CT molecular complexity index is 1140. The van der Waals surface area contributed by atoms with Gasteiger partial charge in [-0.2, -0.15) is 13.2 Å². The fourth-order valence-electron chi connectivity index (χ4n) is 3.14. The van der Waals surface area contributed by atoms with Crippen molar-refractivity contribution in [3.63, 3.8) is 0 Å². The Hall–Kier alpha value is -2.58. The molecule has 4 rings (SSSR count). The molecular formula is C22H16F3NO2S2. The molecule has 1 amide bonds. The molecule has 0 aromatic heterocycles. The summed E-state index contributed by atoms with van der Waals surface area (Å²) in [5.41, 5.74) is 0.262. The zero-order chi connectivity index (χ0) is 21.3. The van der Waals surface area contributed by atoms with Crippen LogP contribution in [0.25, 0.3) is 16.8 Å². The molecule has 0 aliphatic carbocycles. The maximum absolute atomic E-state index is 13.1. The van der Waals surface area contributed by atoms with Gasteiger partial charge in [-0.1, -0.05) is 48.2 Å². The number of fused-ring (bicyclic) bond motifs is 1. The summed E-state index contributed by atoms with van der Waals surface area (Å²) in [6, 6.07) is 16.4. The number of ether oxygens (including phenoxy) is 1. The second-order valence-electron chi connectivity index (χ2n) is 6.66. The molecule has 8 heteroatoms. The number of halogens is 3. The van der Waals surface area contributed by atoms with Crippen LogP contribution in [-0.4, -0.2) is 10.6 Å². The lowest BCUT2D eigenvalue weighted by Gasteiger charge is -2.13. The average Bonchev–Trinajstić information content (AvgIpc) is 3.02. The highest BCUT2D eigenvalue weighted by Gasteiger charge is 2.33. The summed E-state index contributed by atoms with van der Waals surface area (Å²) >= 11 is 5.58. The smallest absolute Gasteiger partial charge is 0.416 e. The zero-order valence-corrected chi connectivity index (χ0v) is 17.2. The predicted octanol–water partition coefficient (Wildman–Crippen LogP) is 5.85. The van der Waals surface area contributed by atoms with Gasteiger partial charge in [-0.05, 0) is 46.7 Å². The number of benzene rings is 3. The minimum Gasteiger partial charge on any atom is -0.489 e. The molecule has 3 nitrogen and oxygen atoms in total. The summed E-state index contributed by atoms with van der Waals surface area (Å²) in [5.74, 6) is 0.331. The van der Waals surface area contributed by atoms with Crippen LogP contribution in [0.4, 0.5) is 13.2 Å². The first kappa shape index (κ1) is 20.7. The topological polar surface area (TPSA) is 38.3 Å². The lowest BCUT2D eigenvalue weighted by atomic mass is 10.1. The van der Waals surface area contributed by atoms with Crippen molar-refractivity contribution in [3.05, 3.63) is 82.3 Å².